The van der Waals surface area contributed by atoms with Crippen LogP contribution in [-0.2, 0) is 4.79 Å². The molecule has 0 aliphatic carbocycles. The highest BCUT2D eigenvalue weighted by molar-refractivity contribution is 5.95. The van der Waals surface area contributed by atoms with Crippen molar-refractivity contribution < 1.29 is 26.7 Å². The fourth-order valence-corrected chi connectivity index (χ4v) is 0.777. The molecular formula is C8H5F5N2O. The molecule has 1 N–H and O–H groups in total. The van der Waals surface area contributed by atoms with Gasteiger partial charge in [-0.05, 0) is 12.1 Å². The van der Waals surface area contributed by atoms with Gasteiger partial charge in [-0.2, -0.15) is 13.2 Å². The number of rotatable bonds is 3. The van der Waals surface area contributed by atoms with Crippen LogP contribution in [0.3, 0.4) is 0 Å². The van der Waals surface area contributed by atoms with Crippen molar-refractivity contribution in [3.8, 4) is 0 Å². The van der Waals surface area contributed by atoms with Crippen LogP contribution in [0, 0.1) is 5.95 Å². The number of carbonyl (C=O) groups is 1. The summed E-state index contributed by atoms with van der Waals surface area (Å²) in [6.07, 6.45) is -4.14. The van der Waals surface area contributed by atoms with E-state index < -0.39 is 30.0 Å². The Labute approximate surface area is 86.3 Å². The molecule has 0 aliphatic heterocycles. The van der Waals surface area contributed by atoms with Gasteiger partial charge in [0.05, 0.1) is 0 Å². The number of halogens is 5. The van der Waals surface area contributed by atoms with E-state index in [-0.39, 0.29) is 0 Å². The van der Waals surface area contributed by atoms with Crippen LogP contribution in [0.4, 0.5) is 27.8 Å². The lowest BCUT2D eigenvalue weighted by Gasteiger charge is -2.14. The van der Waals surface area contributed by atoms with Crippen molar-refractivity contribution in [1.29, 1.82) is 0 Å². The second-order valence-corrected chi connectivity index (χ2v) is 2.72. The number of pyridine rings is 1. The van der Waals surface area contributed by atoms with E-state index in [0.29, 0.717) is 0 Å². The maximum absolute atomic E-state index is 12.5. The molecule has 1 heterocycles. The van der Waals surface area contributed by atoms with Gasteiger partial charge in [-0.1, -0.05) is 6.07 Å². The quantitative estimate of drug-likeness (QED) is 0.649. The Morgan fingerprint density at radius 2 is 2.00 bits per heavy atom. The van der Waals surface area contributed by atoms with E-state index in [2.05, 4.69) is 4.98 Å². The molecule has 1 aromatic heterocycles. The number of aromatic nitrogens is 1. The fourth-order valence-electron chi connectivity index (χ4n) is 0.777. The Bertz CT molecular complexity index is 396. The van der Waals surface area contributed by atoms with Gasteiger partial charge >= 0.3 is 18.3 Å². The summed E-state index contributed by atoms with van der Waals surface area (Å²) < 4.78 is 60.8. The van der Waals surface area contributed by atoms with Gasteiger partial charge in [0.15, 0.2) is 0 Å². The van der Waals surface area contributed by atoms with Crippen molar-refractivity contribution in [2.24, 2.45) is 0 Å². The van der Waals surface area contributed by atoms with E-state index in [0.717, 1.165) is 18.2 Å². The summed E-state index contributed by atoms with van der Waals surface area (Å²) in [5, 5.41) is 1.38. The molecule has 0 saturated carbocycles. The highest BCUT2D eigenvalue weighted by Crippen LogP contribution is 2.24. The average molecular weight is 240 g/mol. The standard InChI is InChI=1S/C8H5F5N2O/c9-4-2-1-3-5(14-4)15-7(16)8(12,13)6(10)11/h1-3,6H,(H,14,15,16). The molecule has 1 amide bonds. The van der Waals surface area contributed by atoms with E-state index in [9.17, 15) is 26.7 Å². The number of nitrogens with one attached hydrogen (secondary N) is 1. The SMILES string of the molecule is O=C(Nc1cccc(F)n1)C(F)(F)C(F)F. The summed E-state index contributed by atoms with van der Waals surface area (Å²) in [5.41, 5.74) is 0. The van der Waals surface area contributed by atoms with Crippen molar-refractivity contribution in [1.82, 2.24) is 4.98 Å². The van der Waals surface area contributed by atoms with Gasteiger partial charge < -0.3 is 5.32 Å². The largest absolute Gasteiger partial charge is 0.383 e. The topological polar surface area (TPSA) is 42.0 Å². The number of amides is 1. The number of hydrogen-bond donors (Lipinski definition) is 1. The first-order valence-corrected chi connectivity index (χ1v) is 3.94. The molecule has 8 heteroatoms. The number of nitrogens with zero attached hydrogens (tertiary/aromatic N) is 1. The van der Waals surface area contributed by atoms with E-state index in [1.54, 1.807) is 0 Å². The van der Waals surface area contributed by atoms with Crippen molar-refractivity contribution in [2.45, 2.75) is 12.3 Å². The molecule has 0 spiro atoms. The number of carbonyl (C=O) groups excluding carboxylic acids is 1. The van der Waals surface area contributed by atoms with Crippen LogP contribution in [0.1, 0.15) is 0 Å². The maximum Gasteiger partial charge on any atom is 0.383 e. The third-order valence-electron chi connectivity index (χ3n) is 1.53. The van der Waals surface area contributed by atoms with Gasteiger partial charge in [0.25, 0.3) is 0 Å². The second-order valence-electron chi connectivity index (χ2n) is 2.72. The predicted molar refractivity (Wildman–Crippen MR) is 43.8 cm³/mol. The van der Waals surface area contributed by atoms with Gasteiger partial charge in [-0.15, -0.1) is 0 Å². The molecule has 0 aromatic carbocycles. The van der Waals surface area contributed by atoms with Crippen LogP contribution >= 0.6 is 0 Å². The van der Waals surface area contributed by atoms with E-state index >= 15 is 0 Å². The van der Waals surface area contributed by atoms with Crippen molar-refractivity contribution in [3.63, 3.8) is 0 Å². The Morgan fingerprint density at radius 3 is 2.50 bits per heavy atom. The first kappa shape index (κ1) is 12.3. The molecule has 0 fully saturated rings. The van der Waals surface area contributed by atoms with Crippen molar-refractivity contribution in [2.75, 3.05) is 5.32 Å². The van der Waals surface area contributed by atoms with E-state index in [4.69, 9.17) is 0 Å². The summed E-state index contributed by atoms with van der Waals surface area (Å²) in [6.45, 7) is 0. The van der Waals surface area contributed by atoms with Crippen molar-refractivity contribution >= 4 is 11.7 Å². The molecule has 0 bridgehead atoms. The smallest absolute Gasteiger partial charge is 0.305 e. The number of alkyl halides is 4. The summed E-state index contributed by atoms with van der Waals surface area (Å²) in [4.78, 5) is 13.7. The predicted octanol–water partition coefficient (Wildman–Crippen LogP) is 2.06. The molecule has 0 aliphatic rings. The first-order chi connectivity index (χ1) is 7.34. The Hall–Kier alpha value is -1.73. The van der Waals surface area contributed by atoms with Crippen LogP contribution in [0.2, 0.25) is 0 Å². The number of anilines is 1. The summed E-state index contributed by atoms with van der Waals surface area (Å²) in [6, 6.07) is 2.97. The zero-order valence-electron chi connectivity index (χ0n) is 7.55. The van der Waals surface area contributed by atoms with Crippen LogP contribution < -0.4 is 5.32 Å². The maximum atomic E-state index is 12.5. The minimum absolute atomic E-state index is 0.565. The molecule has 0 unspecified atom stereocenters. The summed E-state index contributed by atoms with van der Waals surface area (Å²) in [7, 11) is 0. The lowest BCUT2D eigenvalue weighted by atomic mass is 10.3. The van der Waals surface area contributed by atoms with E-state index in [1.165, 1.54) is 5.32 Å². The van der Waals surface area contributed by atoms with Crippen LogP contribution in [0.25, 0.3) is 0 Å². The second kappa shape index (κ2) is 4.42. The summed E-state index contributed by atoms with van der Waals surface area (Å²) >= 11 is 0. The number of hydrogen-bond acceptors (Lipinski definition) is 2. The minimum atomic E-state index is -4.84. The Balaban J connectivity index is 2.79. The van der Waals surface area contributed by atoms with Gasteiger partial charge in [0.1, 0.15) is 5.82 Å². The third-order valence-corrected chi connectivity index (χ3v) is 1.53. The molecule has 88 valence electrons. The molecule has 1 aromatic rings. The molecule has 3 nitrogen and oxygen atoms in total. The lowest BCUT2D eigenvalue weighted by molar-refractivity contribution is -0.163. The van der Waals surface area contributed by atoms with Gasteiger partial charge in [-0.25, -0.2) is 13.8 Å². The average Bonchev–Trinajstić information content (AvgIpc) is 2.17. The molecule has 0 saturated heterocycles. The van der Waals surface area contributed by atoms with Gasteiger partial charge in [-0.3, -0.25) is 4.79 Å². The summed E-state index contributed by atoms with van der Waals surface area (Å²) in [5.74, 6) is -8.67. The first-order valence-electron chi connectivity index (χ1n) is 3.94. The highest BCUT2D eigenvalue weighted by atomic mass is 19.3. The normalized spacial score (nSPS) is 11.6. The van der Waals surface area contributed by atoms with Crippen LogP contribution in [-0.4, -0.2) is 23.2 Å². The van der Waals surface area contributed by atoms with Gasteiger partial charge in [0.2, 0.25) is 5.95 Å². The zero-order valence-corrected chi connectivity index (χ0v) is 7.55. The van der Waals surface area contributed by atoms with Crippen molar-refractivity contribution in [3.05, 3.63) is 24.1 Å². The Kier molecular flexibility index (Phi) is 3.41. The Morgan fingerprint density at radius 1 is 1.38 bits per heavy atom. The van der Waals surface area contributed by atoms with Crippen LogP contribution in [0.5, 0.6) is 0 Å². The zero-order chi connectivity index (χ0) is 12.3. The van der Waals surface area contributed by atoms with E-state index in [1.807, 2.05) is 0 Å². The monoisotopic (exact) mass is 240 g/mol. The third kappa shape index (κ3) is 2.65. The highest BCUT2D eigenvalue weighted by Gasteiger charge is 2.49. The lowest BCUT2D eigenvalue weighted by Crippen LogP contribution is -2.41. The molecular weight excluding hydrogens is 235 g/mol. The van der Waals surface area contributed by atoms with Crippen LogP contribution in [0.15, 0.2) is 18.2 Å². The molecule has 1 rings (SSSR count). The molecule has 0 radical (unpaired) electrons. The minimum Gasteiger partial charge on any atom is -0.305 e. The van der Waals surface area contributed by atoms with Gasteiger partial charge in [0, 0.05) is 0 Å². The fraction of sp³-hybridized carbons (Fsp3) is 0.250. The molecule has 0 atom stereocenters. The molecule has 16 heavy (non-hydrogen) atoms.